The molecule has 2 aromatic carbocycles. The number of likely N-dealkylation sites (N-methyl/N-ethyl adjacent to an activating group) is 1. The van der Waals surface area contributed by atoms with E-state index in [-0.39, 0.29) is 11.9 Å². The fourth-order valence-electron chi connectivity index (χ4n) is 3.52. The van der Waals surface area contributed by atoms with Crippen molar-refractivity contribution in [1.29, 1.82) is 0 Å². The van der Waals surface area contributed by atoms with Crippen LogP contribution in [0.5, 0.6) is 23.0 Å². The van der Waals surface area contributed by atoms with Crippen molar-refractivity contribution in [2.45, 2.75) is 12.5 Å². The van der Waals surface area contributed by atoms with Crippen LogP contribution in [0.3, 0.4) is 0 Å². The fourth-order valence-corrected chi connectivity index (χ4v) is 3.52. The van der Waals surface area contributed by atoms with E-state index in [2.05, 4.69) is 22.3 Å². The Kier molecular flexibility index (Phi) is 6.49. The van der Waals surface area contributed by atoms with Crippen molar-refractivity contribution in [3.8, 4) is 23.0 Å². The van der Waals surface area contributed by atoms with Gasteiger partial charge >= 0.3 is 0 Å². The lowest BCUT2D eigenvalue weighted by Crippen LogP contribution is -2.34. The lowest BCUT2D eigenvalue weighted by atomic mass is 10.0. The molecule has 0 aliphatic carbocycles. The van der Waals surface area contributed by atoms with E-state index in [1.165, 1.54) is 26.9 Å². The SMILES string of the molecule is COc1cc(C(=O)NCC(c2ccc3c(c2)CCO3)N(C)C)cc(OC)c1OC. The molecule has 0 aromatic heterocycles. The number of nitrogens with one attached hydrogen (secondary N) is 1. The van der Waals surface area contributed by atoms with Crippen molar-refractivity contribution in [3.63, 3.8) is 0 Å². The molecule has 7 heteroatoms. The molecule has 29 heavy (non-hydrogen) atoms. The summed E-state index contributed by atoms with van der Waals surface area (Å²) in [6.07, 6.45) is 0.918. The number of carbonyl (C=O) groups excluding carboxylic acids is 1. The third kappa shape index (κ3) is 4.40. The Balaban J connectivity index is 1.77. The average Bonchev–Trinajstić information content (AvgIpc) is 3.20. The fraction of sp³-hybridized carbons (Fsp3) is 0.409. The van der Waals surface area contributed by atoms with E-state index < -0.39 is 0 Å². The first kappa shape index (κ1) is 20.8. The van der Waals surface area contributed by atoms with Gasteiger partial charge < -0.3 is 29.2 Å². The molecule has 1 amide bonds. The summed E-state index contributed by atoms with van der Waals surface area (Å²) in [4.78, 5) is 14.9. The minimum absolute atomic E-state index is 0.0342. The zero-order valence-electron chi connectivity index (χ0n) is 17.6. The van der Waals surface area contributed by atoms with Crippen molar-refractivity contribution >= 4 is 5.91 Å². The second kappa shape index (κ2) is 9.05. The molecule has 0 bridgehead atoms. The van der Waals surface area contributed by atoms with Gasteiger partial charge in [0.05, 0.1) is 34.0 Å². The second-order valence-corrected chi connectivity index (χ2v) is 7.07. The van der Waals surface area contributed by atoms with E-state index in [1.807, 2.05) is 20.2 Å². The molecule has 2 aromatic rings. The number of methoxy groups -OCH3 is 3. The average molecular weight is 400 g/mol. The summed E-state index contributed by atoms with van der Waals surface area (Å²) in [6, 6.07) is 9.56. The number of benzene rings is 2. The Morgan fingerprint density at radius 1 is 1.10 bits per heavy atom. The zero-order chi connectivity index (χ0) is 21.0. The highest BCUT2D eigenvalue weighted by Crippen LogP contribution is 2.38. The molecule has 1 unspecified atom stereocenters. The van der Waals surface area contributed by atoms with E-state index >= 15 is 0 Å². The van der Waals surface area contributed by atoms with Crippen molar-refractivity contribution in [3.05, 3.63) is 47.0 Å². The summed E-state index contributed by atoms with van der Waals surface area (Å²) < 4.78 is 21.6. The predicted molar refractivity (Wildman–Crippen MR) is 111 cm³/mol. The molecule has 156 valence electrons. The van der Waals surface area contributed by atoms with Crippen LogP contribution < -0.4 is 24.3 Å². The van der Waals surface area contributed by atoms with Gasteiger partial charge in [-0.3, -0.25) is 4.79 Å². The molecule has 1 aliphatic rings. The van der Waals surface area contributed by atoms with Crippen LogP contribution in [0.4, 0.5) is 0 Å². The Bertz CT molecular complexity index is 856. The Labute approximate surface area is 171 Å². The van der Waals surface area contributed by atoms with Gasteiger partial charge in [0.1, 0.15) is 5.75 Å². The highest BCUT2D eigenvalue weighted by atomic mass is 16.5. The number of amides is 1. The van der Waals surface area contributed by atoms with Crippen molar-refractivity contribution in [1.82, 2.24) is 10.2 Å². The third-order valence-corrected chi connectivity index (χ3v) is 5.10. The van der Waals surface area contributed by atoms with Gasteiger partial charge in [0.25, 0.3) is 5.91 Å². The number of carbonyl (C=O) groups is 1. The molecule has 0 saturated carbocycles. The monoisotopic (exact) mass is 400 g/mol. The summed E-state index contributed by atoms with van der Waals surface area (Å²) in [5.74, 6) is 2.09. The van der Waals surface area contributed by atoms with E-state index in [0.717, 1.165) is 24.3 Å². The predicted octanol–water partition coefficient (Wildman–Crippen LogP) is 2.68. The highest BCUT2D eigenvalue weighted by Gasteiger charge is 2.21. The van der Waals surface area contributed by atoms with Crippen LogP contribution in [0.1, 0.15) is 27.5 Å². The van der Waals surface area contributed by atoms with E-state index in [4.69, 9.17) is 18.9 Å². The van der Waals surface area contributed by atoms with E-state index in [1.54, 1.807) is 12.1 Å². The second-order valence-electron chi connectivity index (χ2n) is 7.07. The molecule has 1 aliphatic heterocycles. The number of nitrogens with zero attached hydrogens (tertiary/aromatic N) is 1. The van der Waals surface area contributed by atoms with Crippen molar-refractivity contribution < 1.29 is 23.7 Å². The van der Waals surface area contributed by atoms with Crippen LogP contribution in [0.2, 0.25) is 0 Å². The molecule has 1 N–H and O–H groups in total. The number of hydrogen-bond donors (Lipinski definition) is 1. The summed E-state index contributed by atoms with van der Waals surface area (Å²) >= 11 is 0. The largest absolute Gasteiger partial charge is 0.493 e. The Morgan fingerprint density at radius 2 is 1.79 bits per heavy atom. The summed E-state index contributed by atoms with van der Waals surface area (Å²) in [5.41, 5.74) is 2.80. The van der Waals surface area contributed by atoms with Crippen LogP contribution in [0.15, 0.2) is 30.3 Å². The molecule has 7 nitrogen and oxygen atoms in total. The molecular weight excluding hydrogens is 372 g/mol. The molecule has 0 fully saturated rings. The molecule has 1 heterocycles. The summed E-state index contributed by atoms with van der Waals surface area (Å²) in [6.45, 7) is 1.19. The Morgan fingerprint density at radius 3 is 2.38 bits per heavy atom. The first-order valence-electron chi connectivity index (χ1n) is 9.48. The van der Waals surface area contributed by atoms with E-state index in [0.29, 0.717) is 29.4 Å². The van der Waals surface area contributed by atoms with Gasteiger partial charge in [-0.05, 0) is 43.4 Å². The van der Waals surface area contributed by atoms with Gasteiger partial charge in [-0.2, -0.15) is 0 Å². The normalized spacial score (nSPS) is 13.4. The topological polar surface area (TPSA) is 69.3 Å². The molecule has 0 radical (unpaired) electrons. The quantitative estimate of drug-likeness (QED) is 0.735. The summed E-state index contributed by atoms with van der Waals surface area (Å²) in [7, 11) is 8.58. The van der Waals surface area contributed by atoms with Gasteiger partial charge in [0.2, 0.25) is 5.75 Å². The van der Waals surface area contributed by atoms with Gasteiger partial charge in [0, 0.05) is 18.5 Å². The highest BCUT2D eigenvalue weighted by molar-refractivity contribution is 5.95. The van der Waals surface area contributed by atoms with Crippen molar-refractivity contribution in [2.75, 3.05) is 48.6 Å². The standard InChI is InChI=1S/C22H28N2O5/c1-24(2)17(14-6-7-18-15(10-14)8-9-29-18)13-23-22(25)16-11-19(26-3)21(28-5)20(12-16)27-4/h6-7,10-12,17H,8-9,13H2,1-5H3,(H,23,25). The van der Waals surface area contributed by atoms with Crippen molar-refractivity contribution in [2.24, 2.45) is 0 Å². The zero-order valence-corrected chi connectivity index (χ0v) is 17.6. The maximum absolute atomic E-state index is 12.8. The van der Waals surface area contributed by atoms with Crippen LogP contribution in [0, 0.1) is 0 Å². The van der Waals surface area contributed by atoms with E-state index in [9.17, 15) is 4.79 Å². The maximum Gasteiger partial charge on any atom is 0.251 e. The summed E-state index contributed by atoms with van der Waals surface area (Å²) in [5, 5.41) is 3.02. The minimum atomic E-state index is -0.208. The number of fused-ring (bicyclic) bond motifs is 1. The first-order chi connectivity index (χ1) is 14.0. The van der Waals surface area contributed by atoms with Crippen LogP contribution >= 0.6 is 0 Å². The minimum Gasteiger partial charge on any atom is -0.493 e. The van der Waals surface area contributed by atoms with Crippen LogP contribution in [-0.4, -0.2) is 59.4 Å². The van der Waals surface area contributed by atoms with Gasteiger partial charge in [0.15, 0.2) is 11.5 Å². The lowest BCUT2D eigenvalue weighted by molar-refractivity contribution is 0.0941. The number of ether oxygens (including phenoxy) is 4. The molecular formula is C22H28N2O5. The number of hydrogen-bond acceptors (Lipinski definition) is 6. The van der Waals surface area contributed by atoms with Gasteiger partial charge in [-0.25, -0.2) is 0 Å². The Hall–Kier alpha value is -2.93. The van der Waals surface area contributed by atoms with Gasteiger partial charge in [-0.1, -0.05) is 12.1 Å². The maximum atomic E-state index is 12.8. The third-order valence-electron chi connectivity index (χ3n) is 5.10. The molecule has 0 saturated heterocycles. The van der Waals surface area contributed by atoms with Gasteiger partial charge in [-0.15, -0.1) is 0 Å². The van der Waals surface area contributed by atoms with Crippen LogP contribution in [0.25, 0.3) is 0 Å². The first-order valence-corrected chi connectivity index (χ1v) is 9.48. The molecule has 0 spiro atoms. The number of rotatable bonds is 8. The molecule has 1 atom stereocenters. The lowest BCUT2D eigenvalue weighted by Gasteiger charge is -2.25. The molecule has 3 rings (SSSR count). The van der Waals surface area contributed by atoms with Crippen LogP contribution in [-0.2, 0) is 6.42 Å². The smallest absolute Gasteiger partial charge is 0.251 e.